The van der Waals surface area contributed by atoms with Gasteiger partial charge in [0.1, 0.15) is 11.4 Å². The molecule has 0 fully saturated rings. The number of fused-ring (bicyclic) bond motifs is 1. The molecule has 2 heterocycles. The third-order valence-electron chi connectivity index (χ3n) is 4.40. The second kappa shape index (κ2) is 7.31. The normalized spacial score (nSPS) is 11.0. The summed E-state index contributed by atoms with van der Waals surface area (Å²) in [7, 11) is 0. The Morgan fingerprint density at radius 3 is 2.41 bits per heavy atom. The minimum absolute atomic E-state index is 0.0889. The first-order valence-electron chi connectivity index (χ1n) is 8.85. The van der Waals surface area contributed by atoms with Crippen LogP contribution >= 0.6 is 0 Å². The van der Waals surface area contributed by atoms with Gasteiger partial charge < -0.3 is 9.30 Å². The first kappa shape index (κ1) is 18.8. The van der Waals surface area contributed by atoms with Gasteiger partial charge in [0.05, 0.1) is 12.1 Å². The fraction of sp³-hybridized carbons (Fsp3) is 0.286. The van der Waals surface area contributed by atoms with Crippen LogP contribution in [0.25, 0.3) is 22.0 Å². The van der Waals surface area contributed by atoms with Crippen LogP contribution in [-0.4, -0.2) is 22.1 Å². The minimum Gasteiger partial charge on any atom is -0.462 e. The molecule has 1 aromatic carbocycles. The van der Waals surface area contributed by atoms with E-state index in [2.05, 4.69) is 4.98 Å². The molecule has 0 unspecified atom stereocenters. The van der Waals surface area contributed by atoms with Crippen molar-refractivity contribution in [3.63, 3.8) is 0 Å². The van der Waals surface area contributed by atoms with Crippen LogP contribution in [0.1, 0.15) is 35.6 Å². The average Bonchev–Trinajstić information content (AvgIpc) is 2.61. The highest BCUT2D eigenvalue weighted by Crippen LogP contribution is 2.28. The molecule has 27 heavy (non-hydrogen) atoms. The summed E-state index contributed by atoms with van der Waals surface area (Å²) in [5.74, 6) is -1.22. The predicted octanol–water partition coefficient (Wildman–Crippen LogP) is 4.02. The number of rotatable bonds is 4. The fourth-order valence-electron chi connectivity index (χ4n) is 3.24. The zero-order valence-electron chi connectivity index (χ0n) is 15.8. The maximum absolute atomic E-state index is 14.9. The van der Waals surface area contributed by atoms with E-state index < -0.39 is 17.2 Å². The Labute approximate surface area is 156 Å². The van der Waals surface area contributed by atoms with Crippen LogP contribution in [0.5, 0.6) is 0 Å². The summed E-state index contributed by atoms with van der Waals surface area (Å²) in [4.78, 5) is 29.1. The van der Waals surface area contributed by atoms with Crippen molar-refractivity contribution in [2.75, 3.05) is 6.61 Å². The Morgan fingerprint density at radius 2 is 1.81 bits per heavy atom. The van der Waals surface area contributed by atoms with Crippen LogP contribution in [0.2, 0.25) is 0 Å². The van der Waals surface area contributed by atoms with Crippen molar-refractivity contribution in [3.8, 4) is 11.1 Å². The molecule has 0 spiro atoms. The van der Waals surface area contributed by atoms with Crippen LogP contribution in [0.15, 0.2) is 35.3 Å². The summed E-state index contributed by atoms with van der Waals surface area (Å²) >= 11 is 0. The van der Waals surface area contributed by atoms with Gasteiger partial charge in [-0.05, 0) is 57.5 Å². The molecule has 3 aromatic rings. The van der Waals surface area contributed by atoms with Gasteiger partial charge in [-0.3, -0.25) is 9.78 Å². The van der Waals surface area contributed by atoms with Gasteiger partial charge in [-0.2, -0.15) is 0 Å². The summed E-state index contributed by atoms with van der Waals surface area (Å²) in [6, 6.07) is 6.46. The molecule has 0 aliphatic heterocycles. The second-order valence-electron chi connectivity index (χ2n) is 6.37. The van der Waals surface area contributed by atoms with Crippen molar-refractivity contribution in [2.45, 2.75) is 34.2 Å². The van der Waals surface area contributed by atoms with E-state index in [4.69, 9.17) is 4.74 Å². The molecule has 0 aliphatic rings. The lowest BCUT2D eigenvalue weighted by Crippen LogP contribution is -2.21. The average molecular weight is 368 g/mol. The van der Waals surface area contributed by atoms with Crippen LogP contribution < -0.4 is 5.43 Å². The van der Waals surface area contributed by atoms with Crippen LogP contribution in [0, 0.1) is 19.7 Å². The quantitative estimate of drug-likeness (QED) is 0.653. The first-order chi connectivity index (χ1) is 12.8. The zero-order chi connectivity index (χ0) is 19.7. The molecule has 2 aromatic heterocycles. The molecule has 0 N–H and O–H groups in total. The lowest BCUT2D eigenvalue weighted by Gasteiger charge is -2.14. The smallest absolute Gasteiger partial charge is 0.343 e. The van der Waals surface area contributed by atoms with Gasteiger partial charge >= 0.3 is 5.97 Å². The number of carbonyl (C=O) groups is 1. The highest BCUT2D eigenvalue weighted by molar-refractivity contribution is 5.95. The molecular formula is C21H21FN2O3. The van der Waals surface area contributed by atoms with Crippen molar-refractivity contribution in [1.82, 2.24) is 9.55 Å². The van der Waals surface area contributed by atoms with Gasteiger partial charge in [0.25, 0.3) is 0 Å². The fourth-order valence-corrected chi connectivity index (χ4v) is 3.24. The molecule has 5 nitrogen and oxygen atoms in total. The highest BCUT2D eigenvalue weighted by atomic mass is 19.1. The largest absolute Gasteiger partial charge is 0.462 e. The van der Waals surface area contributed by atoms with Gasteiger partial charge in [-0.1, -0.05) is 0 Å². The molecule has 0 bridgehead atoms. The molecule has 0 saturated carbocycles. The Balaban J connectivity index is 2.30. The van der Waals surface area contributed by atoms with E-state index in [9.17, 15) is 14.0 Å². The number of nitrogens with zero attached hydrogens (tertiary/aromatic N) is 2. The number of pyridine rings is 2. The van der Waals surface area contributed by atoms with Crippen molar-refractivity contribution in [2.24, 2.45) is 0 Å². The molecule has 0 saturated heterocycles. The lowest BCUT2D eigenvalue weighted by atomic mass is 10.0. The summed E-state index contributed by atoms with van der Waals surface area (Å²) in [6.45, 7) is 7.94. The van der Waals surface area contributed by atoms with E-state index in [0.29, 0.717) is 23.2 Å². The van der Waals surface area contributed by atoms with Crippen molar-refractivity contribution in [1.29, 1.82) is 0 Å². The monoisotopic (exact) mass is 368 g/mol. The lowest BCUT2D eigenvalue weighted by molar-refractivity contribution is 0.0524. The Hall–Kier alpha value is -3.02. The van der Waals surface area contributed by atoms with Gasteiger partial charge in [0.2, 0.25) is 5.43 Å². The zero-order valence-corrected chi connectivity index (χ0v) is 15.8. The van der Waals surface area contributed by atoms with E-state index in [1.165, 1.54) is 12.3 Å². The number of benzene rings is 1. The Bertz CT molecular complexity index is 1080. The van der Waals surface area contributed by atoms with Crippen LogP contribution in [0.3, 0.4) is 0 Å². The third kappa shape index (κ3) is 3.47. The molecule has 0 amide bonds. The van der Waals surface area contributed by atoms with Crippen LogP contribution in [-0.2, 0) is 11.3 Å². The number of aromatic nitrogens is 2. The van der Waals surface area contributed by atoms with Crippen molar-refractivity contribution < 1.29 is 13.9 Å². The summed E-state index contributed by atoms with van der Waals surface area (Å²) < 4.78 is 21.6. The second-order valence-corrected chi connectivity index (χ2v) is 6.37. The molecule has 6 heteroatoms. The molecule has 0 radical (unpaired) electrons. The van der Waals surface area contributed by atoms with Gasteiger partial charge in [-0.25, -0.2) is 9.18 Å². The van der Waals surface area contributed by atoms with E-state index in [1.54, 1.807) is 29.7 Å². The van der Waals surface area contributed by atoms with E-state index >= 15 is 0 Å². The maximum Gasteiger partial charge on any atom is 0.343 e. The number of carbonyl (C=O) groups excluding carboxylic acids is 1. The number of esters is 1. The molecule has 0 atom stereocenters. The number of halogens is 1. The van der Waals surface area contributed by atoms with Gasteiger partial charge in [0.15, 0.2) is 0 Å². The topological polar surface area (TPSA) is 61.2 Å². The standard InChI is InChI=1S/C21H21FN2O3/c1-5-24-11-17(21(26)27-6-2)20(25)16-9-18(22)15(10-19(16)24)14-7-12(3)23-13(4)8-14/h7-11H,5-6H2,1-4H3. The highest BCUT2D eigenvalue weighted by Gasteiger charge is 2.18. The van der Waals surface area contributed by atoms with E-state index in [1.807, 2.05) is 20.8 Å². The molecule has 140 valence electrons. The number of hydrogen-bond acceptors (Lipinski definition) is 4. The number of ether oxygens (including phenoxy) is 1. The summed E-state index contributed by atoms with van der Waals surface area (Å²) in [5.41, 5.74) is 2.62. The summed E-state index contributed by atoms with van der Waals surface area (Å²) in [6.07, 6.45) is 1.48. The Morgan fingerprint density at radius 1 is 1.15 bits per heavy atom. The first-order valence-corrected chi connectivity index (χ1v) is 8.85. The number of hydrogen-bond donors (Lipinski definition) is 0. The molecule has 3 rings (SSSR count). The van der Waals surface area contributed by atoms with Crippen LogP contribution in [0.4, 0.5) is 4.39 Å². The maximum atomic E-state index is 14.9. The Kier molecular flexibility index (Phi) is 5.08. The van der Waals surface area contributed by atoms with Gasteiger partial charge in [0, 0.05) is 35.1 Å². The van der Waals surface area contributed by atoms with Crippen molar-refractivity contribution >= 4 is 16.9 Å². The predicted molar refractivity (Wildman–Crippen MR) is 103 cm³/mol. The van der Waals surface area contributed by atoms with Crippen molar-refractivity contribution in [3.05, 3.63) is 63.5 Å². The molecular weight excluding hydrogens is 347 g/mol. The minimum atomic E-state index is -0.698. The van der Waals surface area contributed by atoms with E-state index in [0.717, 1.165) is 11.4 Å². The van der Waals surface area contributed by atoms with E-state index in [-0.39, 0.29) is 17.6 Å². The van der Waals surface area contributed by atoms with Gasteiger partial charge in [-0.15, -0.1) is 0 Å². The summed E-state index contributed by atoms with van der Waals surface area (Å²) in [5, 5.41) is 0.158. The SMILES string of the molecule is CCOC(=O)c1cn(CC)c2cc(-c3cc(C)nc(C)c3)c(F)cc2c1=O. The number of aryl methyl sites for hydroxylation is 3. The third-order valence-corrected chi connectivity index (χ3v) is 4.40. The molecule has 0 aliphatic carbocycles.